The molecule has 6 heteroatoms. The predicted molar refractivity (Wildman–Crippen MR) is 114 cm³/mol. The first-order valence-electron chi connectivity index (χ1n) is 10.5. The van der Waals surface area contributed by atoms with Crippen molar-refractivity contribution in [1.82, 2.24) is 9.80 Å². The highest BCUT2D eigenvalue weighted by Crippen LogP contribution is 2.47. The molecular formula is C22H31N3O2S. The van der Waals surface area contributed by atoms with Crippen LogP contribution in [0.25, 0.3) is 0 Å². The highest BCUT2D eigenvalue weighted by Gasteiger charge is 2.52. The maximum absolute atomic E-state index is 13.1. The van der Waals surface area contributed by atoms with Gasteiger partial charge in [0.1, 0.15) is 6.04 Å². The van der Waals surface area contributed by atoms with Gasteiger partial charge >= 0.3 is 0 Å². The van der Waals surface area contributed by atoms with Gasteiger partial charge in [0, 0.05) is 30.4 Å². The molecule has 1 saturated carbocycles. The van der Waals surface area contributed by atoms with Crippen molar-refractivity contribution in [2.45, 2.75) is 75.4 Å². The van der Waals surface area contributed by atoms with Gasteiger partial charge < -0.3 is 10.2 Å². The average molecular weight is 402 g/mol. The predicted octanol–water partition coefficient (Wildman–Crippen LogP) is 3.84. The lowest BCUT2D eigenvalue weighted by molar-refractivity contribution is -0.135. The van der Waals surface area contributed by atoms with Crippen molar-refractivity contribution in [2.24, 2.45) is 0 Å². The van der Waals surface area contributed by atoms with Crippen molar-refractivity contribution < 1.29 is 9.59 Å². The van der Waals surface area contributed by atoms with Gasteiger partial charge in [-0.15, -0.1) is 11.8 Å². The largest absolute Gasteiger partial charge is 0.324 e. The van der Waals surface area contributed by atoms with E-state index in [4.69, 9.17) is 0 Å². The number of amides is 2. The maximum atomic E-state index is 13.1. The van der Waals surface area contributed by atoms with Crippen LogP contribution in [0.15, 0.2) is 24.3 Å². The van der Waals surface area contributed by atoms with Crippen molar-refractivity contribution in [1.29, 1.82) is 0 Å². The molecule has 1 aromatic rings. The third-order valence-electron chi connectivity index (χ3n) is 6.64. The van der Waals surface area contributed by atoms with Gasteiger partial charge in [0.05, 0.1) is 4.87 Å². The van der Waals surface area contributed by atoms with Crippen LogP contribution >= 0.6 is 11.8 Å². The topological polar surface area (TPSA) is 52.7 Å². The number of hydrogen-bond donors (Lipinski definition) is 1. The van der Waals surface area contributed by atoms with Crippen molar-refractivity contribution in [3.63, 3.8) is 0 Å². The van der Waals surface area contributed by atoms with Crippen molar-refractivity contribution in [3.8, 4) is 0 Å². The quantitative estimate of drug-likeness (QED) is 0.814. The Hall–Kier alpha value is -1.53. The van der Waals surface area contributed by atoms with E-state index < -0.39 is 0 Å². The van der Waals surface area contributed by atoms with E-state index in [1.807, 2.05) is 23.1 Å². The second kappa shape index (κ2) is 8.07. The minimum absolute atomic E-state index is 0.0563. The van der Waals surface area contributed by atoms with Crippen LogP contribution in [-0.2, 0) is 16.1 Å². The molecule has 28 heavy (non-hydrogen) atoms. The van der Waals surface area contributed by atoms with Gasteiger partial charge in [-0.05, 0) is 44.9 Å². The number of benzene rings is 1. The molecule has 3 aliphatic rings. The molecule has 4 rings (SSSR count). The van der Waals surface area contributed by atoms with E-state index in [1.165, 1.54) is 32.1 Å². The molecule has 1 aromatic carbocycles. The smallest absolute Gasteiger partial charge is 0.248 e. The van der Waals surface area contributed by atoms with Crippen molar-refractivity contribution in [3.05, 3.63) is 29.8 Å². The van der Waals surface area contributed by atoms with E-state index in [0.29, 0.717) is 18.2 Å². The number of fused-ring (bicyclic) bond motifs is 1. The maximum Gasteiger partial charge on any atom is 0.248 e. The number of thioether (sulfide) groups is 1. The minimum atomic E-state index is -0.367. The number of rotatable bonds is 5. The third-order valence-corrected chi connectivity index (χ3v) is 8.15. The molecule has 0 aromatic heterocycles. The summed E-state index contributed by atoms with van der Waals surface area (Å²) in [6.45, 7) is 2.92. The molecule has 3 fully saturated rings. The fourth-order valence-electron chi connectivity index (χ4n) is 4.93. The van der Waals surface area contributed by atoms with Crippen LogP contribution in [0.2, 0.25) is 0 Å². The molecule has 0 bridgehead atoms. The monoisotopic (exact) mass is 401 g/mol. The summed E-state index contributed by atoms with van der Waals surface area (Å²) in [6.07, 6.45) is 7.90. The number of carbonyl (C=O) groups excluding carboxylic acids is 2. The molecule has 2 amide bonds. The number of hydrogen-bond acceptors (Lipinski definition) is 4. The van der Waals surface area contributed by atoms with Crippen molar-refractivity contribution in [2.75, 3.05) is 18.1 Å². The summed E-state index contributed by atoms with van der Waals surface area (Å²) in [7, 11) is 2.19. The first-order valence-corrected chi connectivity index (χ1v) is 11.5. The molecule has 1 N–H and O–H groups in total. The lowest BCUT2D eigenvalue weighted by atomic mass is 9.94. The average Bonchev–Trinajstić information content (AvgIpc) is 3.20. The Balaban J connectivity index is 1.45. The van der Waals surface area contributed by atoms with Gasteiger partial charge in [-0.2, -0.15) is 0 Å². The molecule has 2 saturated heterocycles. The second-order valence-electron chi connectivity index (χ2n) is 8.62. The fourth-order valence-corrected chi connectivity index (χ4v) is 6.36. The molecule has 0 spiro atoms. The van der Waals surface area contributed by atoms with Crippen LogP contribution in [-0.4, -0.2) is 51.4 Å². The molecule has 5 nitrogen and oxygen atoms in total. The van der Waals surface area contributed by atoms with Gasteiger partial charge in [0.25, 0.3) is 0 Å². The van der Waals surface area contributed by atoms with E-state index >= 15 is 0 Å². The SMILES string of the molecule is CN(Cc1ccccc1NC(=O)C1CSC2(C)CCC(=O)N12)C1CCCCC1. The zero-order valence-electron chi connectivity index (χ0n) is 16.9. The van der Waals surface area contributed by atoms with E-state index in [0.717, 1.165) is 24.2 Å². The van der Waals surface area contributed by atoms with Crippen LogP contribution in [0.3, 0.4) is 0 Å². The first kappa shape index (κ1) is 19.8. The Morgan fingerprint density at radius 3 is 2.82 bits per heavy atom. The van der Waals surface area contributed by atoms with Gasteiger partial charge in [0.2, 0.25) is 11.8 Å². The van der Waals surface area contributed by atoms with Gasteiger partial charge in [0.15, 0.2) is 0 Å². The molecule has 0 radical (unpaired) electrons. The van der Waals surface area contributed by atoms with Crippen LogP contribution in [0.4, 0.5) is 5.69 Å². The Morgan fingerprint density at radius 1 is 1.29 bits per heavy atom. The molecule has 2 heterocycles. The molecule has 152 valence electrons. The Bertz CT molecular complexity index is 749. The van der Waals surface area contributed by atoms with E-state index in [9.17, 15) is 9.59 Å². The van der Waals surface area contributed by atoms with E-state index in [2.05, 4.69) is 30.3 Å². The summed E-state index contributed by atoms with van der Waals surface area (Å²) in [5.74, 6) is 0.732. The Kier molecular flexibility index (Phi) is 5.70. The van der Waals surface area contributed by atoms with Crippen molar-refractivity contribution >= 4 is 29.3 Å². The van der Waals surface area contributed by atoms with Crippen LogP contribution < -0.4 is 5.32 Å². The van der Waals surface area contributed by atoms with Crippen LogP contribution in [0.1, 0.15) is 57.4 Å². The van der Waals surface area contributed by atoms with Gasteiger partial charge in [-0.3, -0.25) is 14.5 Å². The van der Waals surface area contributed by atoms with Crippen LogP contribution in [0.5, 0.6) is 0 Å². The second-order valence-corrected chi connectivity index (χ2v) is 10.1. The Morgan fingerprint density at radius 2 is 2.04 bits per heavy atom. The molecule has 2 aliphatic heterocycles. The molecule has 1 aliphatic carbocycles. The normalized spacial score (nSPS) is 28.0. The summed E-state index contributed by atoms with van der Waals surface area (Å²) < 4.78 is 0. The number of carbonyl (C=O) groups is 2. The minimum Gasteiger partial charge on any atom is -0.324 e. The lowest BCUT2D eigenvalue weighted by Crippen LogP contribution is -2.48. The molecule has 2 unspecified atom stereocenters. The lowest BCUT2D eigenvalue weighted by Gasteiger charge is -2.32. The van der Waals surface area contributed by atoms with E-state index in [1.54, 1.807) is 11.8 Å². The highest BCUT2D eigenvalue weighted by atomic mass is 32.2. The standard InChI is InChI=1S/C22H31N3O2S/c1-22-13-12-20(26)25(22)19(15-28-22)21(27)23-18-11-7-6-8-16(18)14-24(2)17-9-4-3-5-10-17/h6-8,11,17,19H,3-5,9-10,12-15H2,1-2H3,(H,23,27). The number of nitrogens with one attached hydrogen (secondary N) is 1. The molecule has 2 atom stereocenters. The van der Waals surface area contributed by atoms with Crippen LogP contribution in [0, 0.1) is 0 Å². The number of para-hydroxylation sites is 1. The number of anilines is 1. The number of nitrogens with zero attached hydrogens (tertiary/aromatic N) is 2. The Labute approximate surface area is 172 Å². The van der Waals surface area contributed by atoms with Gasteiger partial charge in [-0.1, -0.05) is 37.5 Å². The fraction of sp³-hybridized carbons (Fsp3) is 0.636. The first-order chi connectivity index (χ1) is 13.5. The van der Waals surface area contributed by atoms with Gasteiger partial charge in [-0.25, -0.2) is 0 Å². The zero-order chi connectivity index (χ0) is 19.7. The summed E-state index contributed by atoms with van der Waals surface area (Å²) in [6, 6.07) is 8.35. The summed E-state index contributed by atoms with van der Waals surface area (Å²) in [4.78, 5) is 29.4. The third kappa shape index (κ3) is 3.81. The highest BCUT2D eigenvalue weighted by molar-refractivity contribution is 8.01. The van der Waals surface area contributed by atoms with E-state index in [-0.39, 0.29) is 22.7 Å². The summed E-state index contributed by atoms with van der Waals surface area (Å²) in [5, 5.41) is 3.14. The zero-order valence-corrected chi connectivity index (χ0v) is 17.8. The summed E-state index contributed by atoms with van der Waals surface area (Å²) >= 11 is 1.74. The summed E-state index contributed by atoms with van der Waals surface area (Å²) in [5.41, 5.74) is 2.02. The molecular weight excluding hydrogens is 370 g/mol.